The second-order valence-electron chi connectivity index (χ2n) is 3.73. The molecule has 2 aromatic heterocycles. The first-order chi connectivity index (χ1) is 7.85. The first-order valence-electron chi connectivity index (χ1n) is 5.51. The topological polar surface area (TPSA) is 56.7 Å². The molecule has 0 aliphatic heterocycles. The zero-order valence-electron chi connectivity index (χ0n) is 9.43. The van der Waals surface area contributed by atoms with Crippen molar-refractivity contribution in [1.29, 1.82) is 0 Å². The van der Waals surface area contributed by atoms with Crippen molar-refractivity contribution in [1.82, 2.24) is 14.8 Å². The summed E-state index contributed by atoms with van der Waals surface area (Å²) in [6.07, 6.45) is 6.53. The minimum absolute atomic E-state index is 0.517. The molecule has 84 valence electrons. The lowest BCUT2D eigenvalue weighted by molar-refractivity contribution is 0.609. The van der Waals surface area contributed by atoms with Crippen LogP contribution in [0.15, 0.2) is 30.7 Å². The number of rotatable bonds is 4. The molecule has 0 bridgehead atoms. The Morgan fingerprint density at radius 2 is 2.25 bits per heavy atom. The molecule has 0 atom stereocenters. The zero-order chi connectivity index (χ0) is 11.4. The fraction of sp³-hybridized carbons (Fsp3) is 0.333. The maximum atomic E-state index is 5.61. The molecule has 2 heterocycles. The predicted octanol–water partition coefficient (Wildman–Crippen LogP) is 1.81. The second kappa shape index (κ2) is 4.90. The Morgan fingerprint density at radius 3 is 3.00 bits per heavy atom. The van der Waals surface area contributed by atoms with E-state index in [9.17, 15) is 0 Å². The molecular weight excluding hydrogens is 200 g/mol. The van der Waals surface area contributed by atoms with E-state index in [0.717, 1.165) is 29.8 Å². The fourth-order valence-electron chi connectivity index (χ4n) is 1.71. The molecule has 2 rings (SSSR count). The molecular formula is C12H16N4. The summed E-state index contributed by atoms with van der Waals surface area (Å²) in [6.45, 7) is 3.58. The highest BCUT2D eigenvalue weighted by atomic mass is 15.3. The summed E-state index contributed by atoms with van der Waals surface area (Å²) in [5.41, 5.74) is 8.83. The molecule has 0 radical (unpaired) electrons. The normalized spacial score (nSPS) is 10.6. The monoisotopic (exact) mass is 216 g/mol. The number of hydrogen-bond donors (Lipinski definition) is 1. The minimum Gasteiger partial charge on any atom is -0.326 e. The maximum Gasteiger partial charge on any atom is 0.0697 e. The van der Waals surface area contributed by atoms with Crippen LogP contribution < -0.4 is 5.73 Å². The minimum atomic E-state index is 0.517. The van der Waals surface area contributed by atoms with Crippen molar-refractivity contribution >= 4 is 0 Å². The van der Waals surface area contributed by atoms with Crippen LogP contribution in [0.1, 0.15) is 18.9 Å². The van der Waals surface area contributed by atoms with Gasteiger partial charge in [-0.1, -0.05) is 6.92 Å². The Morgan fingerprint density at radius 1 is 1.38 bits per heavy atom. The number of pyridine rings is 1. The van der Waals surface area contributed by atoms with Crippen LogP contribution in [0.3, 0.4) is 0 Å². The van der Waals surface area contributed by atoms with E-state index in [1.807, 2.05) is 23.1 Å². The van der Waals surface area contributed by atoms with E-state index >= 15 is 0 Å². The van der Waals surface area contributed by atoms with E-state index in [1.54, 1.807) is 6.20 Å². The molecule has 0 aromatic carbocycles. The number of nitrogens with two attached hydrogens (primary N) is 1. The van der Waals surface area contributed by atoms with Crippen molar-refractivity contribution in [2.24, 2.45) is 5.73 Å². The van der Waals surface area contributed by atoms with Gasteiger partial charge in [0.25, 0.3) is 0 Å². The van der Waals surface area contributed by atoms with Gasteiger partial charge in [-0.25, -0.2) is 0 Å². The molecule has 4 nitrogen and oxygen atoms in total. The predicted molar refractivity (Wildman–Crippen MR) is 63.6 cm³/mol. The third-order valence-corrected chi connectivity index (χ3v) is 2.48. The Balaban J connectivity index is 2.37. The summed E-state index contributed by atoms with van der Waals surface area (Å²) in [6, 6.07) is 4.07. The third-order valence-electron chi connectivity index (χ3n) is 2.48. The van der Waals surface area contributed by atoms with Gasteiger partial charge in [0, 0.05) is 37.2 Å². The summed E-state index contributed by atoms with van der Waals surface area (Å²) in [5, 5.41) is 4.30. The van der Waals surface area contributed by atoms with E-state index in [0.29, 0.717) is 6.54 Å². The quantitative estimate of drug-likeness (QED) is 0.848. The highest BCUT2D eigenvalue weighted by Gasteiger charge is 2.05. The van der Waals surface area contributed by atoms with Crippen LogP contribution in [0, 0.1) is 0 Å². The molecule has 0 spiro atoms. The van der Waals surface area contributed by atoms with Crippen LogP contribution >= 0.6 is 0 Å². The van der Waals surface area contributed by atoms with Crippen LogP contribution in [0.25, 0.3) is 11.3 Å². The number of aromatic nitrogens is 3. The van der Waals surface area contributed by atoms with Crippen molar-refractivity contribution < 1.29 is 0 Å². The Kier molecular flexibility index (Phi) is 3.31. The second-order valence-corrected chi connectivity index (χ2v) is 3.73. The summed E-state index contributed by atoms with van der Waals surface area (Å²) in [7, 11) is 0. The highest BCUT2D eigenvalue weighted by molar-refractivity contribution is 5.58. The lowest BCUT2D eigenvalue weighted by Gasteiger charge is -2.06. The van der Waals surface area contributed by atoms with Gasteiger partial charge in [0.2, 0.25) is 0 Å². The smallest absolute Gasteiger partial charge is 0.0697 e. The van der Waals surface area contributed by atoms with Crippen LogP contribution in [0.4, 0.5) is 0 Å². The molecule has 0 saturated carbocycles. The van der Waals surface area contributed by atoms with Gasteiger partial charge in [-0.05, 0) is 24.1 Å². The van der Waals surface area contributed by atoms with Gasteiger partial charge in [-0.2, -0.15) is 5.10 Å². The third kappa shape index (κ3) is 2.12. The lowest BCUT2D eigenvalue weighted by atomic mass is 10.1. The highest BCUT2D eigenvalue weighted by Crippen LogP contribution is 2.19. The number of hydrogen-bond acceptors (Lipinski definition) is 3. The maximum absolute atomic E-state index is 5.61. The summed E-state index contributed by atoms with van der Waals surface area (Å²) in [5.74, 6) is 0. The van der Waals surface area contributed by atoms with Crippen molar-refractivity contribution in [2.45, 2.75) is 26.4 Å². The molecule has 0 fully saturated rings. The van der Waals surface area contributed by atoms with E-state index < -0.39 is 0 Å². The van der Waals surface area contributed by atoms with Crippen molar-refractivity contribution in [2.75, 3.05) is 0 Å². The van der Waals surface area contributed by atoms with Gasteiger partial charge >= 0.3 is 0 Å². The molecule has 0 unspecified atom stereocenters. The van der Waals surface area contributed by atoms with E-state index in [2.05, 4.69) is 23.1 Å². The fourth-order valence-corrected chi connectivity index (χ4v) is 1.71. The molecule has 2 aromatic rings. The van der Waals surface area contributed by atoms with E-state index in [1.165, 1.54) is 0 Å². The number of aryl methyl sites for hydroxylation is 1. The summed E-state index contributed by atoms with van der Waals surface area (Å²) in [4.78, 5) is 4.19. The van der Waals surface area contributed by atoms with Crippen LogP contribution in [0.5, 0.6) is 0 Å². The van der Waals surface area contributed by atoms with Crippen molar-refractivity contribution in [3.63, 3.8) is 0 Å². The lowest BCUT2D eigenvalue weighted by Crippen LogP contribution is -2.02. The zero-order valence-corrected chi connectivity index (χ0v) is 9.43. The molecule has 0 amide bonds. The van der Waals surface area contributed by atoms with Gasteiger partial charge in [0.1, 0.15) is 0 Å². The Bertz CT molecular complexity index is 462. The largest absolute Gasteiger partial charge is 0.326 e. The Hall–Kier alpha value is -1.68. The van der Waals surface area contributed by atoms with Crippen molar-refractivity contribution in [3.8, 4) is 11.3 Å². The van der Waals surface area contributed by atoms with Gasteiger partial charge in [0.15, 0.2) is 0 Å². The van der Waals surface area contributed by atoms with Gasteiger partial charge in [-0.15, -0.1) is 0 Å². The summed E-state index contributed by atoms with van der Waals surface area (Å²) < 4.78 is 2.00. The first kappa shape index (κ1) is 10.8. The van der Waals surface area contributed by atoms with Crippen LogP contribution in [-0.4, -0.2) is 14.8 Å². The molecule has 2 N–H and O–H groups in total. The van der Waals surface area contributed by atoms with Crippen LogP contribution in [-0.2, 0) is 13.1 Å². The molecule has 4 heteroatoms. The van der Waals surface area contributed by atoms with Crippen LogP contribution in [0.2, 0.25) is 0 Å². The Labute approximate surface area is 95.1 Å². The van der Waals surface area contributed by atoms with E-state index in [4.69, 9.17) is 5.73 Å². The van der Waals surface area contributed by atoms with Gasteiger partial charge in [-0.3, -0.25) is 9.67 Å². The van der Waals surface area contributed by atoms with Gasteiger partial charge in [0.05, 0.1) is 5.69 Å². The molecule has 0 saturated heterocycles. The standard InChI is InChI=1S/C12H16N4/c1-2-5-16-12(3-4-15-16)11-6-10(7-13)8-14-9-11/h3-4,6,8-9H,2,5,7,13H2,1H3. The SMILES string of the molecule is CCCn1nccc1-c1cncc(CN)c1. The number of nitrogens with zero attached hydrogens (tertiary/aromatic N) is 3. The van der Waals surface area contributed by atoms with Gasteiger partial charge < -0.3 is 5.73 Å². The molecule has 0 aliphatic carbocycles. The average molecular weight is 216 g/mol. The molecule has 0 aliphatic rings. The first-order valence-corrected chi connectivity index (χ1v) is 5.51. The average Bonchev–Trinajstić information content (AvgIpc) is 2.78. The molecule has 16 heavy (non-hydrogen) atoms. The van der Waals surface area contributed by atoms with E-state index in [-0.39, 0.29) is 0 Å². The summed E-state index contributed by atoms with van der Waals surface area (Å²) >= 11 is 0. The van der Waals surface area contributed by atoms with Crippen molar-refractivity contribution in [3.05, 3.63) is 36.3 Å².